The number of aromatic nitrogens is 2. The van der Waals surface area contributed by atoms with Crippen LogP contribution in [0.15, 0.2) is 29.4 Å². The van der Waals surface area contributed by atoms with Gasteiger partial charge in [0.25, 0.3) is 0 Å². The van der Waals surface area contributed by atoms with Crippen molar-refractivity contribution in [3.8, 4) is 0 Å². The van der Waals surface area contributed by atoms with Gasteiger partial charge in [0, 0.05) is 30.4 Å². The maximum absolute atomic E-state index is 12.2. The molecule has 2 aromatic heterocycles. The molecule has 6 nitrogen and oxygen atoms in total. The minimum Gasteiger partial charge on any atom is -0.345 e. The highest BCUT2D eigenvalue weighted by molar-refractivity contribution is 7.89. The van der Waals surface area contributed by atoms with Gasteiger partial charge in [0.05, 0.1) is 0 Å². The van der Waals surface area contributed by atoms with E-state index in [1.165, 1.54) is 6.20 Å². The van der Waals surface area contributed by atoms with Crippen LogP contribution in [0.2, 0.25) is 0 Å². The SMILES string of the molecule is CC(C)NCCCNS(=O)(=O)c1c[nH]c2ncccc12. The molecule has 0 saturated heterocycles. The number of fused-ring (bicyclic) bond motifs is 1. The van der Waals surface area contributed by atoms with E-state index in [0.717, 1.165) is 13.0 Å². The number of hydrogen-bond acceptors (Lipinski definition) is 4. The normalized spacial score (nSPS) is 12.3. The molecule has 0 fully saturated rings. The number of sulfonamides is 1. The first-order valence-electron chi connectivity index (χ1n) is 6.66. The molecule has 0 atom stereocenters. The summed E-state index contributed by atoms with van der Waals surface area (Å²) in [5, 5.41) is 3.86. The molecule has 0 unspecified atom stereocenters. The Morgan fingerprint density at radius 2 is 2.15 bits per heavy atom. The second-order valence-electron chi connectivity index (χ2n) is 4.91. The highest BCUT2D eigenvalue weighted by atomic mass is 32.2. The summed E-state index contributed by atoms with van der Waals surface area (Å²) in [6.07, 6.45) is 3.85. The van der Waals surface area contributed by atoms with Gasteiger partial charge in [-0.3, -0.25) is 0 Å². The van der Waals surface area contributed by atoms with Crippen molar-refractivity contribution in [2.45, 2.75) is 31.2 Å². The predicted octanol–water partition coefficient (Wildman–Crippen LogP) is 1.23. The highest BCUT2D eigenvalue weighted by Gasteiger charge is 2.18. The van der Waals surface area contributed by atoms with Crippen molar-refractivity contribution in [2.24, 2.45) is 0 Å². The van der Waals surface area contributed by atoms with Gasteiger partial charge in [-0.25, -0.2) is 18.1 Å². The van der Waals surface area contributed by atoms with E-state index in [-0.39, 0.29) is 4.90 Å². The number of rotatable bonds is 7. The van der Waals surface area contributed by atoms with Gasteiger partial charge in [0.15, 0.2) is 0 Å². The Balaban J connectivity index is 2.00. The minimum absolute atomic E-state index is 0.248. The Labute approximate surface area is 119 Å². The van der Waals surface area contributed by atoms with Crippen LogP contribution < -0.4 is 10.0 Å². The van der Waals surface area contributed by atoms with E-state index in [9.17, 15) is 8.42 Å². The fourth-order valence-corrected chi connectivity index (χ4v) is 3.15. The number of nitrogens with one attached hydrogen (secondary N) is 3. The molecule has 20 heavy (non-hydrogen) atoms. The Morgan fingerprint density at radius 1 is 1.35 bits per heavy atom. The Hall–Kier alpha value is -1.44. The standard InChI is InChI=1S/C13H20N4O2S/c1-10(2)14-7-4-8-17-20(18,19)12-9-16-13-11(12)5-3-6-15-13/h3,5-6,9-10,14,17H,4,7-8H2,1-2H3,(H,15,16). The molecule has 0 saturated carbocycles. The lowest BCUT2D eigenvalue weighted by atomic mass is 10.3. The van der Waals surface area contributed by atoms with Crippen LogP contribution in [0, 0.1) is 0 Å². The van der Waals surface area contributed by atoms with Gasteiger partial charge in [0.2, 0.25) is 10.0 Å². The van der Waals surface area contributed by atoms with Gasteiger partial charge in [-0.2, -0.15) is 0 Å². The molecule has 3 N–H and O–H groups in total. The van der Waals surface area contributed by atoms with Crippen LogP contribution in [-0.4, -0.2) is 37.5 Å². The third-order valence-corrected chi connectivity index (χ3v) is 4.40. The summed E-state index contributed by atoms with van der Waals surface area (Å²) in [6, 6.07) is 3.88. The molecule has 2 heterocycles. The van der Waals surface area contributed by atoms with Crippen LogP contribution in [0.25, 0.3) is 11.0 Å². The van der Waals surface area contributed by atoms with Crippen molar-refractivity contribution >= 4 is 21.1 Å². The molecule has 7 heteroatoms. The molecule has 0 aliphatic carbocycles. The lowest BCUT2D eigenvalue weighted by molar-refractivity contribution is 0.555. The maximum atomic E-state index is 12.2. The van der Waals surface area contributed by atoms with Gasteiger partial charge in [-0.05, 0) is 25.1 Å². The number of hydrogen-bond donors (Lipinski definition) is 3. The molecule has 2 aromatic rings. The number of nitrogens with zero attached hydrogens (tertiary/aromatic N) is 1. The van der Waals surface area contributed by atoms with E-state index in [1.807, 2.05) is 0 Å². The first-order chi connectivity index (χ1) is 9.50. The molecule has 0 radical (unpaired) electrons. The molecule has 0 amide bonds. The van der Waals surface area contributed by atoms with Crippen molar-refractivity contribution in [1.82, 2.24) is 20.0 Å². The fourth-order valence-electron chi connectivity index (χ4n) is 1.92. The molecular weight excluding hydrogens is 276 g/mol. The van der Waals surface area contributed by atoms with E-state index in [4.69, 9.17) is 0 Å². The van der Waals surface area contributed by atoms with Gasteiger partial charge >= 0.3 is 0 Å². The summed E-state index contributed by atoms with van der Waals surface area (Å²) in [5.74, 6) is 0. The Bertz CT molecular complexity index is 664. The summed E-state index contributed by atoms with van der Waals surface area (Å²) < 4.78 is 27.1. The summed E-state index contributed by atoms with van der Waals surface area (Å²) >= 11 is 0. The topological polar surface area (TPSA) is 86.9 Å². The first kappa shape index (κ1) is 15.0. The predicted molar refractivity (Wildman–Crippen MR) is 79.0 cm³/mol. The second kappa shape index (κ2) is 6.34. The first-order valence-corrected chi connectivity index (χ1v) is 8.14. The lowest BCUT2D eigenvalue weighted by Gasteiger charge is -2.08. The molecule has 2 rings (SSSR count). The smallest absolute Gasteiger partial charge is 0.242 e. The molecule has 110 valence electrons. The van der Waals surface area contributed by atoms with Crippen LogP contribution in [0.1, 0.15) is 20.3 Å². The summed E-state index contributed by atoms with van der Waals surface area (Å²) in [5.41, 5.74) is 0.578. The third-order valence-electron chi connectivity index (χ3n) is 2.90. The van der Waals surface area contributed by atoms with Crippen molar-refractivity contribution in [3.63, 3.8) is 0 Å². The summed E-state index contributed by atoms with van der Waals surface area (Å²) in [7, 11) is -3.49. The Morgan fingerprint density at radius 3 is 2.90 bits per heavy atom. The van der Waals surface area contributed by atoms with E-state index in [1.54, 1.807) is 18.3 Å². The minimum atomic E-state index is -3.49. The van der Waals surface area contributed by atoms with E-state index in [0.29, 0.717) is 23.6 Å². The Kier molecular flexibility index (Phi) is 4.74. The van der Waals surface area contributed by atoms with Crippen LogP contribution in [-0.2, 0) is 10.0 Å². The van der Waals surface area contributed by atoms with Crippen LogP contribution in [0.4, 0.5) is 0 Å². The van der Waals surface area contributed by atoms with Crippen LogP contribution in [0.5, 0.6) is 0 Å². The highest BCUT2D eigenvalue weighted by Crippen LogP contribution is 2.20. The molecular formula is C13H20N4O2S. The zero-order valence-corrected chi connectivity index (χ0v) is 12.5. The zero-order chi connectivity index (χ0) is 14.6. The third kappa shape index (κ3) is 3.56. The largest absolute Gasteiger partial charge is 0.345 e. The number of aromatic amines is 1. The molecule has 0 aliphatic heterocycles. The van der Waals surface area contributed by atoms with Crippen molar-refractivity contribution in [1.29, 1.82) is 0 Å². The lowest BCUT2D eigenvalue weighted by Crippen LogP contribution is -2.29. The average Bonchev–Trinajstić information content (AvgIpc) is 2.82. The van der Waals surface area contributed by atoms with Gasteiger partial charge in [0.1, 0.15) is 10.5 Å². The molecule has 0 aliphatic rings. The van der Waals surface area contributed by atoms with Gasteiger partial charge < -0.3 is 10.3 Å². The van der Waals surface area contributed by atoms with Crippen LogP contribution >= 0.6 is 0 Å². The number of pyridine rings is 1. The molecule has 0 aromatic carbocycles. The van der Waals surface area contributed by atoms with E-state index in [2.05, 4.69) is 33.9 Å². The maximum Gasteiger partial charge on any atom is 0.242 e. The molecule has 0 spiro atoms. The quantitative estimate of drug-likeness (QED) is 0.671. The monoisotopic (exact) mass is 296 g/mol. The second-order valence-corrected chi connectivity index (χ2v) is 6.65. The van der Waals surface area contributed by atoms with E-state index >= 15 is 0 Å². The molecule has 0 bridgehead atoms. The van der Waals surface area contributed by atoms with Crippen LogP contribution in [0.3, 0.4) is 0 Å². The number of H-pyrrole nitrogens is 1. The van der Waals surface area contributed by atoms with Crippen molar-refractivity contribution < 1.29 is 8.42 Å². The fraction of sp³-hybridized carbons (Fsp3) is 0.462. The zero-order valence-electron chi connectivity index (χ0n) is 11.7. The summed E-state index contributed by atoms with van der Waals surface area (Å²) in [6.45, 7) is 5.32. The van der Waals surface area contributed by atoms with E-state index < -0.39 is 10.0 Å². The van der Waals surface area contributed by atoms with Gasteiger partial charge in [-0.1, -0.05) is 13.8 Å². The summed E-state index contributed by atoms with van der Waals surface area (Å²) in [4.78, 5) is 7.20. The van der Waals surface area contributed by atoms with Gasteiger partial charge in [-0.15, -0.1) is 0 Å². The average molecular weight is 296 g/mol. The van der Waals surface area contributed by atoms with Crippen molar-refractivity contribution in [3.05, 3.63) is 24.5 Å². The van der Waals surface area contributed by atoms with Crippen molar-refractivity contribution in [2.75, 3.05) is 13.1 Å².